The van der Waals surface area contributed by atoms with Crippen molar-refractivity contribution in [2.24, 2.45) is 0 Å². The van der Waals surface area contributed by atoms with Gasteiger partial charge in [-0.25, -0.2) is 0 Å². The number of hydrogen-bond acceptors (Lipinski definition) is 5. The highest BCUT2D eigenvalue weighted by Gasteiger charge is 2.32. The monoisotopic (exact) mass is 313 g/mol. The molecule has 1 amide bonds. The van der Waals surface area contributed by atoms with Crippen molar-refractivity contribution in [3.05, 3.63) is 64.5 Å². The highest BCUT2D eigenvalue weighted by atomic mass is 16.6. The van der Waals surface area contributed by atoms with E-state index in [4.69, 9.17) is 4.74 Å². The Balaban J connectivity index is 1.54. The summed E-state index contributed by atoms with van der Waals surface area (Å²) < 4.78 is 5.68. The van der Waals surface area contributed by atoms with Gasteiger partial charge in [-0.2, -0.15) is 0 Å². The summed E-state index contributed by atoms with van der Waals surface area (Å²) in [5.74, 6) is 0.536. The summed E-state index contributed by atoms with van der Waals surface area (Å²) in [5, 5.41) is 11.0. The summed E-state index contributed by atoms with van der Waals surface area (Å²) >= 11 is 0. The number of nitrogens with zero attached hydrogens (tertiary/aromatic N) is 3. The first-order chi connectivity index (χ1) is 11.1. The number of amides is 1. The van der Waals surface area contributed by atoms with Crippen molar-refractivity contribution in [3.8, 4) is 5.75 Å². The van der Waals surface area contributed by atoms with Crippen molar-refractivity contribution in [2.45, 2.75) is 12.5 Å². The molecule has 1 aliphatic heterocycles. The van der Waals surface area contributed by atoms with Crippen molar-refractivity contribution in [3.63, 3.8) is 0 Å². The molecule has 1 saturated heterocycles. The van der Waals surface area contributed by atoms with Crippen LogP contribution in [-0.4, -0.2) is 39.9 Å². The van der Waals surface area contributed by atoms with E-state index in [0.29, 0.717) is 24.4 Å². The van der Waals surface area contributed by atoms with E-state index in [1.807, 2.05) is 6.07 Å². The van der Waals surface area contributed by atoms with Gasteiger partial charge in [0, 0.05) is 17.8 Å². The molecule has 118 valence electrons. The van der Waals surface area contributed by atoms with Crippen LogP contribution in [0.1, 0.15) is 5.56 Å². The van der Waals surface area contributed by atoms with Gasteiger partial charge in [-0.15, -0.1) is 0 Å². The second-order valence-corrected chi connectivity index (χ2v) is 5.29. The van der Waals surface area contributed by atoms with Crippen LogP contribution in [0.5, 0.6) is 5.75 Å². The molecule has 1 aromatic heterocycles. The van der Waals surface area contributed by atoms with Gasteiger partial charge in [0.25, 0.3) is 5.69 Å². The predicted octanol–water partition coefficient (Wildman–Crippen LogP) is 1.82. The molecular formula is C16H15N3O4. The second kappa shape index (κ2) is 6.43. The van der Waals surface area contributed by atoms with E-state index in [1.165, 1.54) is 6.07 Å². The molecule has 7 heteroatoms. The molecule has 3 rings (SSSR count). The van der Waals surface area contributed by atoms with E-state index in [0.717, 1.165) is 0 Å². The van der Waals surface area contributed by atoms with E-state index in [-0.39, 0.29) is 24.1 Å². The number of nitro benzene ring substituents is 1. The highest BCUT2D eigenvalue weighted by molar-refractivity contribution is 5.80. The minimum atomic E-state index is -0.465. The van der Waals surface area contributed by atoms with Crippen LogP contribution in [0.4, 0.5) is 5.69 Å². The lowest BCUT2D eigenvalue weighted by molar-refractivity contribution is -0.385. The maximum absolute atomic E-state index is 12.2. The lowest BCUT2D eigenvalue weighted by Crippen LogP contribution is -2.56. The first kappa shape index (κ1) is 15.0. The van der Waals surface area contributed by atoms with E-state index in [1.54, 1.807) is 41.6 Å². The van der Waals surface area contributed by atoms with E-state index < -0.39 is 4.92 Å². The Labute approximate surface area is 132 Å². The Morgan fingerprint density at radius 3 is 2.78 bits per heavy atom. The maximum atomic E-state index is 12.2. The summed E-state index contributed by atoms with van der Waals surface area (Å²) in [4.78, 5) is 28.3. The highest BCUT2D eigenvalue weighted by Crippen LogP contribution is 2.21. The summed E-state index contributed by atoms with van der Waals surface area (Å²) in [6.45, 7) is 0.961. The summed E-state index contributed by atoms with van der Waals surface area (Å²) in [5.41, 5.74) is 0.406. The third-order valence-electron chi connectivity index (χ3n) is 3.67. The fourth-order valence-corrected chi connectivity index (χ4v) is 2.44. The van der Waals surface area contributed by atoms with Gasteiger partial charge in [0.1, 0.15) is 11.9 Å². The number of carbonyl (C=O) groups is 1. The zero-order valence-corrected chi connectivity index (χ0v) is 12.3. The van der Waals surface area contributed by atoms with Crippen molar-refractivity contribution >= 4 is 11.6 Å². The molecule has 0 aliphatic carbocycles. The number of pyridine rings is 1. The fourth-order valence-electron chi connectivity index (χ4n) is 2.44. The number of carbonyl (C=O) groups excluding carboxylic acids is 1. The largest absolute Gasteiger partial charge is 0.485 e. The smallest absolute Gasteiger partial charge is 0.273 e. The number of rotatable bonds is 5. The summed E-state index contributed by atoms with van der Waals surface area (Å²) in [7, 11) is 0. The van der Waals surface area contributed by atoms with Gasteiger partial charge in [0.2, 0.25) is 5.91 Å². The van der Waals surface area contributed by atoms with Gasteiger partial charge in [-0.05, 0) is 12.1 Å². The zero-order chi connectivity index (χ0) is 16.2. The topological polar surface area (TPSA) is 85.6 Å². The Morgan fingerprint density at radius 1 is 1.30 bits per heavy atom. The number of para-hydroxylation sites is 1. The first-order valence-electron chi connectivity index (χ1n) is 7.20. The summed E-state index contributed by atoms with van der Waals surface area (Å²) in [6.07, 6.45) is 3.25. The Hall–Kier alpha value is -2.96. The average Bonchev–Trinajstić information content (AvgIpc) is 2.51. The molecule has 1 aliphatic rings. The maximum Gasteiger partial charge on any atom is 0.273 e. The molecule has 23 heavy (non-hydrogen) atoms. The van der Waals surface area contributed by atoms with Gasteiger partial charge in [-0.1, -0.05) is 18.2 Å². The standard InChI is InChI=1S/C16H15N3O4/c20-16(8-12-4-1-2-6-15(12)19(21)22)18-10-14(11-18)23-13-5-3-7-17-9-13/h1-7,9,14H,8,10-11H2. The van der Waals surface area contributed by atoms with Crippen LogP contribution in [0.25, 0.3) is 0 Å². The van der Waals surface area contributed by atoms with Crippen molar-refractivity contribution in [2.75, 3.05) is 13.1 Å². The van der Waals surface area contributed by atoms with Gasteiger partial charge in [0.05, 0.1) is 30.6 Å². The molecule has 2 aromatic rings. The minimum Gasteiger partial charge on any atom is -0.485 e. The van der Waals surface area contributed by atoms with Crippen molar-refractivity contribution < 1.29 is 14.5 Å². The molecule has 0 unspecified atom stereocenters. The SMILES string of the molecule is O=C(Cc1ccccc1[N+](=O)[O-])N1CC(Oc2cccnc2)C1. The number of benzene rings is 1. The lowest BCUT2D eigenvalue weighted by Gasteiger charge is -2.39. The number of likely N-dealkylation sites (tertiary alicyclic amines) is 1. The van der Waals surface area contributed by atoms with Gasteiger partial charge in [0.15, 0.2) is 0 Å². The molecule has 7 nitrogen and oxygen atoms in total. The molecule has 0 saturated carbocycles. The number of aromatic nitrogens is 1. The molecule has 0 radical (unpaired) electrons. The van der Waals surface area contributed by atoms with Crippen LogP contribution in [0, 0.1) is 10.1 Å². The van der Waals surface area contributed by atoms with E-state index in [9.17, 15) is 14.9 Å². The van der Waals surface area contributed by atoms with Gasteiger partial charge in [-0.3, -0.25) is 19.9 Å². The summed E-state index contributed by atoms with van der Waals surface area (Å²) in [6, 6.07) is 9.90. The average molecular weight is 313 g/mol. The van der Waals surface area contributed by atoms with Crippen LogP contribution < -0.4 is 4.74 Å². The van der Waals surface area contributed by atoms with Crippen LogP contribution in [0.15, 0.2) is 48.8 Å². The third-order valence-corrected chi connectivity index (χ3v) is 3.67. The van der Waals surface area contributed by atoms with Crippen molar-refractivity contribution in [1.29, 1.82) is 0 Å². The minimum absolute atomic E-state index is 0.0236. The van der Waals surface area contributed by atoms with Crippen molar-refractivity contribution in [1.82, 2.24) is 9.88 Å². The lowest BCUT2D eigenvalue weighted by atomic mass is 10.1. The Morgan fingerprint density at radius 2 is 2.09 bits per heavy atom. The van der Waals surface area contributed by atoms with Gasteiger partial charge < -0.3 is 9.64 Å². The van der Waals surface area contributed by atoms with Crippen LogP contribution in [0.3, 0.4) is 0 Å². The Kier molecular flexibility index (Phi) is 4.18. The van der Waals surface area contributed by atoms with Crippen LogP contribution in [0.2, 0.25) is 0 Å². The van der Waals surface area contributed by atoms with Crippen LogP contribution in [-0.2, 0) is 11.2 Å². The molecule has 1 fully saturated rings. The molecular weight excluding hydrogens is 298 g/mol. The molecule has 0 atom stereocenters. The van der Waals surface area contributed by atoms with E-state index in [2.05, 4.69) is 4.98 Å². The molecule has 1 aromatic carbocycles. The molecule has 0 spiro atoms. The third kappa shape index (κ3) is 3.45. The second-order valence-electron chi connectivity index (χ2n) is 5.29. The molecule has 2 heterocycles. The quantitative estimate of drug-likeness (QED) is 0.621. The predicted molar refractivity (Wildman–Crippen MR) is 82.0 cm³/mol. The van der Waals surface area contributed by atoms with E-state index >= 15 is 0 Å². The number of nitro groups is 1. The zero-order valence-electron chi connectivity index (χ0n) is 12.3. The first-order valence-corrected chi connectivity index (χ1v) is 7.20. The normalized spacial score (nSPS) is 14.2. The van der Waals surface area contributed by atoms with Gasteiger partial charge >= 0.3 is 0 Å². The molecule has 0 bridgehead atoms. The Bertz CT molecular complexity index is 714. The number of hydrogen-bond donors (Lipinski definition) is 0. The number of ether oxygens (including phenoxy) is 1. The molecule has 0 N–H and O–H groups in total. The fraction of sp³-hybridized carbons (Fsp3) is 0.250. The van der Waals surface area contributed by atoms with Crippen LogP contribution >= 0.6 is 0 Å².